The Labute approximate surface area is 594 Å². The number of halogens is 8. The van der Waals surface area contributed by atoms with Gasteiger partial charge in [0.2, 0.25) is 0 Å². The number of rotatable bonds is 28. The number of hydrogen-bond acceptors (Lipinski definition) is 10. The number of unbranched alkanes of at least 4 members (excludes halogenated alkanes) is 8. The van der Waals surface area contributed by atoms with Crippen LogP contribution in [-0.4, -0.2) is 159 Å². The quantitative estimate of drug-likeness (QED) is 0.0144. The van der Waals surface area contributed by atoms with E-state index in [0.29, 0.717) is 0 Å². The number of phenolic OH excluding ortho intramolecular Hbond substituents is 4. The molecule has 0 atom stereocenters. The molecule has 26 heteroatoms. The third-order valence-corrected chi connectivity index (χ3v) is 29.3. The summed E-state index contributed by atoms with van der Waals surface area (Å²) in [4.78, 5) is 20.8. The molecule has 4 aromatic rings. The molecule has 14 nitrogen and oxygen atoms in total. The maximum atomic E-state index is 10.4. The Morgan fingerprint density at radius 2 is 0.465 bits per heavy atom. The Bertz CT molecular complexity index is 2010. The zero-order valence-electron chi connectivity index (χ0n) is 51.1. The molecule has 0 saturated heterocycles. The second-order valence-electron chi connectivity index (χ2n) is 18.4. The van der Waals surface area contributed by atoms with E-state index in [0.717, 1.165) is 24.3 Å². The minimum absolute atomic E-state index is 0. The molecule has 0 spiro atoms. The molecular formula is C60H96Cl8O14Sn4. The van der Waals surface area contributed by atoms with Crippen molar-refractivity contribution >= 4 is 189 Å². The summed E-state index contributed by atoms with van der Waals surface area (Å²) in [6.45, 7) is 18.3. The van der Waals surface area contributed by atoms with Gasteiger partial charge in [0, 0.05) is 11.1 Å². The van der Waals surface area contributed by atoms with Crippen molar-refractivity contribution in [3.05, 3.63) is 111 Å². The van der Waals surface area contributed by atoms with Crippen LogP contribution >= 0.6 is 92.8 Å². The largest absolute Gasteiger partial charge is 0.505 e. The molecule has 0 heterocycles. The maximum Gasteiger partial charge on any atom is 0.335 e. The van der Waals surface area contributed by atoms with Crippen LogP contribution in [0.3, 0.4) is 0 Å². The van der Waals surface area contributed by atoms with Gasteiger partial charge in [0.05, 0.1) is 51.3 Å². The molecule has 86 heavy (non-hydrogen) atoms. The van der Waals surface area contributed by atoms with Crippen molar-refractivity contribution in [2.45, 2.75) is 206 Å². The number of aromatic carboxylic acids is 2. The van der Waals surface area contributed by atoms with E-state index >= 15 is 0 Å². The van der Waals surface area contributed by atoms with Crippen LogP contribution in [0.2, 0.25) is 75.7 Å². The van der Waals surface area contributed by atoms with Gasteiger partial charge in [0.15, 0.2) is 35.6 Å². The van der Waals surface area contributed by atoms with E-state index in [-0.39, 0.29) is 181 Å². The fourth-order valence-corrected chi connectivity index (χ4v) is 24.4. The SMILES string of the molecule is CCC[CH2][Sn][CH2]CCC.CCC[CH2][Sn][CH2]CCC.CCC[CH2][Sn][CH2]CCC.CCC[CH2][Sn][CH2]CCC.O.O.O=C(O)c1cc(Cl)c(O)c(Cl)c1.O=C(O)c1cc(Cl)c(O)c(Cl)c1.Oc1c(Cl)cc(C(O)O)cc1Cl.Oc1c(Cl)cc(C(O)O)cc1Cl. The van der Waals surface area contributed by atoms with Crippen molar-refractivity contribution in [3.63, 3.8) is 0 Å². The smallest absolute Gasteiger partial charge is 0.335 e. The summed E-state index contributed by atoms with van der Waals surface area (Å²) in [5.41, 5.74) is 0.177. The summed E-state index contributed by atoms with van der Waals surface area (Å²) in [5, 5.41) is 87.9. The molecule has 0 aromatic heterocycles. The summed E-state index contributed by atoms with van der Waals surface area (Å²) in [6, 6.07) is 9.44. The topological polar surface area (TPSA) is 299 Å². The summed E-state index contributed by atoms with van der Waals surface area (Å²) in [6.07, 6.45) is 20.1. The van der Waals surface area contributed by atoms with Crippen LogP contribution < -0.4 is 0 Å². The van der Waals surface area contributed by atoms with Crippen LogP contribution in [0.25, 0.3) is 0 Å². The number of hydrogen-bond donors (Lipinski definition) is 10. The van der Waals surface area contributed by atoms with Crippen molar-refractivity contribution in [1.82, 2.24) is 0 Å². The predicted octanol–water partition coefficient (Wildman–Crippen LogP) is 19.0. The Morgan fingerprint density at radius 3 is 0.581 bits per heavy atom. The third kappa shape index (κ3) is 53.8. The van der Waals surface area contributed by atoms with E-state index in [1.165, 1.54) is 127 Å². The fourth-order valence-electron chi connectivity index (χ4n) is 5.76. The van der Waals surface area contributed by atoms with E-state index in [1.807, 2.05) is 0 Å². The monoisotopic (exact) mass is 1800 g/mol. The Hall–Kier alpha value is 0.295. The molecule has 0 amide bonds. The van der Waals surface area contributed by atoms with E-state index in [9.17, 15) is 9.59 Å². The molecule has 0 bridgehead atoms. The van der Waals surface area contributed by atoms with E-state index in [2.05, 4.69) is 55.4 Å². The summed E-state index contributed by atoms with van der Waals surface area (Å²) in [7, 11) is 0. The van der Waals surface area contributed by atoms with Gasteiger partial charge in [-0.2, -0.15) is 0 Å². The van der Waals surface area contributed by atoms with Gasteiger partial charge in [-0.05, 0) is 48.5 Å². The summed E-state index contributed by atoms with van der Waals surface area (Å²) < 4.78 is 13.0. The van der Waals surface area contributed by atoms with Crippen molar-refractivity contribution in [2.24, 2.45) is 0 Å². The van der Waals surface area contributed by atoms with Gasteiger partial charge in [-0.1, -0.05) is 92.8 Å². The second kappa shape index (κ2) is 65.4. The summed E-state index contributed by atoms with van der Waals surface area (Å²) >= 11 is 44.5. The molecule has 0 aliphatic heterocycles. The molecule has 492 valence electrons. The van der Waals surface area contributed by atoms with Crippen LogP contribution in [0.4, 0.5) is 0 Å². The molecule has 0 fully saturated rings. The van der Waals surface area contributed by atoms with Crippen molar-refractivity contribution in [3.8, 4) is 23.0 Å². The van der Waals surface area contributed by atoms with Crippen LogP contribution in [0.1, 0.15) is 203 Å². The molecule has 14 N–H and O–H groups in total. The normalized spacial score (nSPS) is 9.93. The number of aliphatic hydroxyl groups excluding tert-OH is 2. The maximum absolute atomic E-state index is 10.4. The van der Waals surface area contributed by atoms with Gasteiger partial charge in [-0.15, -0.1) is 0 Å². The van der Waals surface area contributed by atoms with E-state index in [1.54, 1.807) is 35.5 Å². The zero-order valence-corrected chi connectivity index (χ0v) is 68.5. The van der Waals surface area contributed by atoms with Gasteiger partial charge < -0.3 is 62.0 Å². The first-order valence-corrected chi connectivity index (χ1v) is 47.6. The van der Waals surface area contributed by atoms with Gasteiger partial charge in [-0.3, -0.25) is 0 Å². The first-order valence-electron chi connectivity index (χ1n) is 28.5. The molecule has 0 saturated carbocycles. The summed E-state index contributed by atoms with van der Waals surface area (Å²) in [5.74, 6) is -3.41. The number of carboxylic acids is 2. The molecule has 0 aliphatic carbocycles. The standard InChI is InChI=1S/2C7H6Cl2O3.2C7H4Cl2O3.8C4H9.2H2O.4Sn/c4*8-4-1-3(7(11)12)2-5(9)6(4)10;8*1-3-4-2;;;;;;/h2*1-2,7,10-12H;2*1-2,10H,(H,11,12);8*1,3-4H2,2H3;2*1H2;;;;. The number of aromatic hydroxyl groups is 4. The predicted molar refractivity (Wildman–Crippen MR) is 369 cm³/mol. The van der Waals surface area contributed by atoms with Gasteiger partial charge >= 0.3 is 290 Å². The number of carbonyl (C=O) groups is 2. The van der Waals surface area contributed by atoms with Gasteiger partial charge in [0.25, 0.3) is 0 Å². The molecule has 4 aromatic carbocycles. The minimum atomic E-state index is -1.64. The van der Waals surface area contributed by atoms with Crippen LogP contribution in [-0.2, 0) is 0 Å². The average Bonchev–Trinajstić information content (AvgIpc) is 2.57. The zero-order chi connectivity index (χ0) is 65.0. The average molecular weight is 1800 g/mol. The molecule has 0 unspecified atom stereocenters. The molecule has 4 rings (SSSR count). The number of carboxylic acid groups (broad SMARTS) is 2. The van der Waals surface area contributed by atoms with Gasteiger partial charge in [0.1, 0.15) is 0 Å². The van der Waals surface area contributed by atoms with Crippen molar-refractivity contribution in [1.29, 1.82) is 0 Å². The third-order valence-electron chi connectivity index (χ3n) is 10.9. The van der Waals surface area contributed by atoms with Crippen LogP contribution in [0, 0.1) is 0 Å². The first-order chi connectivity index (χ1) is 39.7. The van der Waals surface area contributed by atoms with Crippen LogP contribution in [0.5, 0.6) is 23.0 Å². The van der Waals surface area contributed by atoms with Crippen molar-refractivity contribution in [2.75, 3.05) is 0 Å². The Morgan fingerprint density at radius 1 is 0.326 bits per heavy atom. The van der Waals surface area contributed by atoms with Crippen LogP contribution in [0.15, 0.2) is 48.5 Å². The molecule has 8 radical (unpaired) electrons. The Kier molecular flexibility index (Phi) is 74.0. The fraction of sp³-hybridized carbons (Fsp3) is 0.567. The van der Waals surface area contributed by atoms with E-state index < -0.39 is 24.5 Å². The van der Waals surface area contributed by atoms with Crippen molar-refractivity contribution < 1.29 is 71.6 Å². The van der Waals surface area contributed by atoms with E-state index in [4.69, 9.17) is 144 Å². The molecular weight excluding hydrogens is 1700 g/mol. The number of aliphatic hydroxyl groups is 4. The minimum Gasteiger partial charge on any atom is -0.505 e. The number of phenols is 4. The first kappa shape index (κ1) is 97.4. The second-order valence-corrected chi connectivity index (χ2v) is 38.8. The molecule has 0 aliphatic rings. The Balaban J connectivity index is -0.000000213. The number of benzene rings is 4. The van der Waals surface area contributed by atoms with Gasteiger partial charge in [-0.25, -0.2) is 9.59 Å².